The predicted octanol–water partition coefficient (Wildman–Crippen LogP) is 1.37. The average molecular weight is 140 g/mol. The molecule has 0 saturated carbocycles. The molecular formula is C8H16N2. The first kappa shape index (κ1) is 9.37. The van der Waals surface area contributed by atoms with Crippen molar-refractivity contribution in [3.8, 4) is 0 Å². The van der Waals surface area contributed by atoms with E-state index in [4.69, 9.17) is 5.73 Å². The molecule has 0 aromatic carbocycles. The molecule has 0 radical (unpaired) electrons. The van der Waals surface area contributed by atoms with Crippen molar-refractivity contribution in [3.05, 3.63) is 11.6 Å². The van der Waals surface area contributed by atoms with Gasteiger partial charge in [-0.2, -0.15) is 0 Å². The van der Waals surface area contributed by atoms with Crippen molar-refractivity contribution < 1.29 is 0 Å². The molecule has 0 fully saturated rings. The molecule has 2 heteroatoms. The highest BCUT2D eigenvalue weighted by Crippen LogP contribution is 2.09. The van der Waals surface area contributed by atoms with Gasteiger partial charge in [-0.3, -0.25) is 4.99 Å². The Morgan fingerprint density at radius 3 is 2.30 bits per heavy atom. The van der Waals surface area contributed by atoms with Crippen LogP contribution in [0, 0.1) is 0 Å². The number of rotatable bonds is 2. The van der Waals surface area contributed by atoms with Gasteiger partial charge in [0.1, 0.15) is 0 Å². The summed E-state index contributed by atoms with van der Waals surface area (Å²) in [4.78, 5) is 3.83. The molecule has 0 saturated heterocycles. The van der Waals surface area contributed by atoms with Crippen LogP contribution in [0.2, 0.25) is 0 Å². The number of nitrogens with two attached hydrogens (primary N) is 1. The Bertz CT molecular complexity index is 149. The fourth-order valence-corrected chi connectivity index (χ4v) is 0.401. The van der Waals surface area contributed by atoms with Gasteiger partial charge < -0.3 is 5.73 Å². The van der Waals surface area contributed by atoms with E-state index in [-0.39, 0.29) is 5.54 Å². The summed E-state index contributed by atoms with van der Waals surface area (Å²) in [5.74, 6) is 0. The lowest BCUT2D eigenvalue weighted by Gasteiger charge is -2.18. The summed E-state index contributed by atoms with van der Waals surface area (Å²) in [6.07, 6.45) is 3.68. The number of hydrogen-bond donors (Lipinski definition) is 1. The predicted molar refractivity (Wildman–Crippen MR) is 46.4 cm³/mol. The second-order valence-electron chi connectivity index (χ2n) is 2.98. The van der Waals surface area contributed by atoms with Crippen LogP contribution < -0.4 is 5.73 Å². The van der Waals surface area contributed by atoms with Gasteiger partial charge in [0.2, 0.25) is 0 Å². The first-order chi connectivity index (χ1) is 4.48. The molecule has 0 aromatic heterocycles. The summed E-state index contributed by atoms with van der Waals surface area (Å²) in [7, 11) is 1.74. The molecule has 0 atom stereocenters. The van der Waals surface area contributed by atoms with Crippen LogP contribution in [0.15, 0.2) is 16.6 Å². The second-order valence-corrected chi connectivity index (χ2v) is 2.98. The van der Waals surface area contributed by atoms with Crippen molar-refractivity contribution in [1.82, 2.24) is 0 Å². The molecule has 0 aliphatic heterocycles. The summed E-state index contributed by atoms with van der Waals surface area (Å²) in [6, 6.07) is 0. The maximum Gasteiger partial charge on any atom is 0.0312 e. The Labute approximate surface area is 62.8 Å². The zero-order valence-corrected chi connectivity index (χ0v) is 7.18. The minimum atomic E-state index is -0.221. The van der Waals surface area contributed by atoms with Gasteiger partial charge in [0, 0.05) is 18.8 Å². The van der Waals surface area contributed by atoms with E-state index in [1.807, 2.05) is 26.8 Å². The molecule has 0 spiro atoms. The largest absolute Gasteiger partial charge is 0.322 e. The van der Waals surface area contributed by atoms with E-state index in [2.05, 4.69) is 4.99 Å². The number of allylic oxidation sites excluding steroid dienone is 1. The quantitative estimate of drug-likeness (QED) is 0.578. The minimum Gasteiger partial charge on any atom is -0.322 e. The summed E-state index contributed by atoms with van der Waals surface area (Å²) in [5, 5.41) is 0. The van der Waals surface area contributed by atoms with Crippen LogP contribution in [-0.2, 0) is 0 Å². The molecule has 0 aliphatic carbocycles. The van der Waals surface area contributed by atoms with Gasteiger partial charge in [0.25, 0.3) is 0 Å². The second kappa shape index (κ2) is 3.52. The smallest absolute Gasteiger partial charge is 0.0312 e. The summed E-state index contributed by atoms with van der Waals surface area (Å²) in [6.45, 7) is 5.95. The molecule has 0 bridgehead atoms. The lowest BCUT2D eigenvalue weighted by molar-refractivity contribution is 0.612. The molecule has 0 aliphatic rings. The third-order valence-electron chi connectivity index (χ3n) is 1.49. The highest BCUT2D eigenvalue weighted by molar-refractivity contribution is 5.72. The van der Waals surface area contributed by atoms with Gasteiger partial charge in [0.15, 0.2) is 0 Å². The van der Waals surface area contributed by atoms with E-state index in [0.29, 0.717) is 0 Å². The first-order valence-corrected chi connectivity index (χ1v) is 3.37. The van der Waals surface area contributed by atoms with Crippen molar-refractivity contribution in [2.45, 2.75) is 26.3 Å². The van der Waals surface area contributed by atoms with Gasteiger partial charge in [-0.1, -0.05) is 5.57 Å². The topological polar surface area (TPSA) is 38.4 Å². The zero-order chi connectivity index (χ0) is 8.20. The number of aliphatic imine (C=N–C) groups is 1. The van der Waals surface area contributed by atoms with E-state index in [1.54, 1.807) is 13.3 Å². The van der Waals surface area contributed by atoms with Gasteiger partial charge in [-0.25, -0.2) is 0 Å². The van der Waals surface area contributed by atoms with Crippen LogP contribution in [0.1, 0.15) is 20.8 Å². The highest BCUT2D eigenvalue weighted by Gasteiger charge is 2.11. The Morgan fingerprint density at radius 1 is 1.50 bits per heavy atom. The fraction of sp³-hybridized carbons (Fsp3) is 0.625. The summed E-state index contributed by atoms with van der Waals surface area (Å²) in [5.41, 5.74) is 6.71. The van der Waals surface area contributed by atoms with Crippen molar-refractivity contribution in [2.24, 2.45) is 10.7 Å². The fourth-order valence-electron chi connectivity index (χ4n) is 0.401. The lowest BCUT2D eigenvalue weighted by atomic mass is 9.97. The van der Waals surface area contributed by atoms with Gasteiger partial charge in [0.05, 0.1) is 0 Å². The standard InChI is InChI=1S/C8H16N2/c1-7(5-6-10-4)8(2,3)9/h5-6H,9H2,1-4H3. The van der Waals surface area contributed by atoms with Crippen LogP contribution in [0.4, 0.5) is 0 Å². The van der Waals surface area contributed by atoms with E-state index in [9.17, 15) is 0 Å². The van der Waals surface area contributed by atoms with Crippen molar-refractivity contribution in [1.29, 1.82) is 0 Å². The summed E-state index contributed by atoms with van der Waals surface area (Å²) >= 11 is 0. The Morgan fingerprint density at radius 2 is 2.00 bits per heavy atom. The third-order valence-corrected chi connectivity index (χ3v) is 1.49. The van der Waals surface area contributed by atoms with Crippen LogP contribution >= 0.6 is 0 Å². The number of hydrogen-bond acceptors (Lipinski definition) is 2. The molecule has 2 N–H and O–H groups in total. The Kier molecular flexibility index (Phi) is 3.30. The Hall–Kier alpha value is -0.630. The van der Waals surface area contributed by atoms with Crippen LogP contribution in [0.3, 0.4) is 0 Å². The highest BCUT2D eigenvalue weighted by atomic mass is 14.7. The molecular weight excluding hydrogens is 124 g/mol. The molecule has 0 heterocycles. The normalized spacial score (nSPS) is 14.7. The van der Waals surface area contributed by atoms with Crippen LogP contribution in [0.5, 0.6) is 0 Å². The SMILES string of the molecule is CN=CC=C(C)C(C)(C)N. The van der Waals surface area contributed by atoms with Gasteiger partial charge >= 0.3 is 0 Å². The minimum absolute atomic E-state index is 0.221. The maximum absolute atomic E-state index is 5.79. The average Bonchev–Trinajstić information content (AvgIpc) is 1.80. The van der Waals surface area contributed by atoms with E-state index < -0.39 is 0 Å². The molecule has 58 valence electrons. The third kappa shape index (κ3) is 3.41. The zero-order valence-electron chi connectivity index (χ0n) is 7.18. The van der Waals surface area contributed by atoms with Crippen LogP contribution in [-0.4, -0.2) is 18.8 Å². The van der Waals surface area contributed by atoms with Crippen molar-refractivity contribution >= 4 is 6.21 Å². The van der Waals surface area contributed by atoms with Crippen molar-refractivity contribution in [3.63, 3.8) is 0 Å². The van der Waals surface area contributed by atoms with Gasteiger partial charge in [-0.15, -0.1) is 0 Å². The van der Waals surface area contributed by atoms with E-state index in [0.717, 1.165) is 5.57 Å². The Balaban J connectivity index is 4.20. The molecule has 0 amide bonds. The number of nitrogens with zero attached hydrogens (tertiary/aromatic N) is 1. The van der Waals surface area contributed by atoms with E-state index in [1.165, 1.54) is 0 Å². The molecule has 2 nitrogen and oxygen atoms in total. The maximum atomic E-state index is 5.79. The van der Waals surface area contributed by atoms with E-state index >= 15 is 0 Å². The monoisotopic (exact) mass is 140 g/mol. The lowest BCUT2D eigenvalue weighted by Crippen LogP contribution is -2.33. The molecule has 0 aromatic rings. The summed E-state index contributed by atoms with van der Waals surface area (Å²) < 4.78 is 0. The molecule has 0 rings (SSSR count). The van der Waals surface area contributed by atoms with Gasteiger partial charge in [-0.05, 0) is 26.8 Å². The van der Waals surface area contributed by atoms with Crippen molar-refractivity contribution in [2.75, 3.05) is 7.05 Å². The first-order valence-electron chi connectivity index (χ1n) is 3.37. The molecule has 0 unspecified atom stereocenters. The molecule has 10 heavy (non-hydrogen) atoms. The van der Waals surface area contributed by atoms with Crippen LogP contribution in [0.25, 0.3) is 0 Å².